The molecule has 0 amide bonds. The first-order valence-corrected chi connectivity index (χ1v) is 8.34. The largest absolute Gasteiger partial charge is 0.497 e. The molecule has 2 aromatic heterocycles. The maximum atomic E-state index is 12.1. The van der Waals surface area contributed by atoms with Crippen LogP contribution in [-0.2, 0) is 22.5 Å². The van der Waals surface area contributed by atoms with E-state index in [0.717, 1.165) is 40.0 Å². The van der Waals surface area contributed by atoms with E-state index in [0.29, 0.717) is 6.61 Å². The Bertz CT molecular complexity index is 885. The lowest BCUT2D eigenvalue weighted by Crippen LogP contribution is -2.09. The minimum absolute atomic E-state index is 0.212. The second-order valence-electron chi connectivity index (χ2n) is 5.87. The Balaban J connectivity index is 2.10. The lowest BCUT2D eigenvalue weighted by Gasteiger charge is -2.09. The first-order valence-electron chi connectivity index (χ1n) is 8.34. The molecule has 0 saturated heterocycles. The highest BCUT2D eigenvalue weighted by Crippen LogP contribution is 2.30. The zero-order chi connectivity index (χ0) is 17.8. The number of fused-ring (bicyclic) bond motifs is 1. The van der Waals surface area contributed by atoms with Gasteiger partial charge in [0.15, 0.2) is 0 Å². The fourth-order valence-electron chi connectivity index (χ4n) is 3.11. The summed E-state index contributed by atoms with van der Waals surface area (Å²) in [5, 5.41) is 1.03. The number of nitrogens with zero attached hydrogens (tertiary/aromatic N) is 2. The predicted octanol–water partition coefficient (Wildman–Crippen LogP) is 3.51. The third-order valence-corrected chi connectivity index (χ3v) is 4.38. The molecule has 0 spiro atoms. The van der Waals surface area contributed by atoms with Crippen molar-refractivity contribution < 1.29 is 14.3 Å². The summed E-state index contributed by atoms with van der Waals surface area (Å²) in [6.07, 6.45) is 3.84. The van der Waals surface area contributed by atoms with Crippen molar-refractivity contribution in [2.24, 2.45) is 0 Å². The topological polar surface area (TPSA) is 53.4 Å². The summed E-state index contributed by atoms with van der Waals surface area (Å²) in [5.41, 5.74) is 4.29. The van der Waals surface area contributed by atoms with Crippen LogP contribution in [0.2, 0.25) is 0 Å². The molecule has 0 aliphatic rings. The second kappa shape index (κ2) is 7.38. The van der Waals surface area contributed by atoms with Crippen molar-refractivity contribution in [3.63, 3.8) is 0 Å². The standard InChI is InChI=1S/C20H22N2O3/c1-4-25-20(23)12-17-14(2)22(13-15-7-9-21-10-8-15)19-6-5-16(24-3)11-18(17)19/h5-11H,4,12-13H2,1-3H3. The predicted molar refractivity (Wildman–Crippen MR) is 96.9 cm³/mol. The number of carbonyl (C=O) groups is 1. The molecule has 2 heterocycles. The minimum atomic E-state index is -0.212. The van der Waals surface area contributed by atoms with E-state index in [-0.39, 0.29) is 12.4 Å². The van der Waals surface area contributed by atoms with Gasteiger partial charge in [-0.1, -0.05) is 0 Å². The van der Waals surface area contributed by atoms with Gasteiger partial charge in [-0.2, -0.15) is 0 Å². The summed E-state index contributed by atoms with van der Waals surface area (Å²) in [6.45, 7) is 4.97. The first-order chi connectivity index (χ1) is 12.1. The van der Waals surface area contributed by atoms with Gasteiger partial charge in [-0.3, -0.25) is 9.78 Å². The van der Waals surface area contributed by atoms with Crippen molar-refractivity contribution in [2.75, 3.05) is 13.7 Å². The number of ether oxygens (including phenoxy) is 2. The number of esters is 1. The van der Waals surface area contributed by atoms with Gasteiger partial charge >= 0.3 is 5.97 Å². The van der Waals surface area contributed by atoms with Crippen molar-refractivity contribution >= 4 is 16.9 Å². The average molecular weight is 338 g/mol. The van der Waals surface area contributed by atoms with Gasteiger partial charge in [0, 0.05) is 35.5 Å². The van der Waals surface area contributed by atoms with E-state index < -0.39 is 0 Å². The molecule has 1 aromatic carbocycles. The van der Waals surface area contributed by atoms with E-state index in [1.54, 1.807) is 19.5 Å². The van der Waals surface area contributed by atoms with Crippen molar-refractivity contribution in [2.45, 2.75) is 26.8 Å². The van der Waals surface area contributed by atoms with Crippen LogP contribution < -0.4 is 4.74 Å². The quantitative estimate of drug-likeness (QED) is 0.646. The number of hydrogen-bond acceptors (Lipinski definition) is 4. The van der Waals surface area contributed by atoms with Crippen molar-refractivity contribution in [1.82, 2.24) is 9.55 Å². The molecule has 0 saturated carbocycles. The molecule has 3 aromatic rings. The fraction of sp³-hybridized carbons (Fsp3) is 0.300. The molecule has 0 unspecified atom stereocenters. The zero-order valence-corrected chi connectivity index (χ0v) is 14.8. The van der Waals surface area contributed by atoms with Crippen LogP contribution in [0.3, 0.4) is 0 Å². The number of pyridine rings is 1. The molecule has 0 radical (unpaired) electrons. The lowest BCUT2D eigenvalue weighted by molar-refractivity contribution is -0.142. The Labute approximate surface area is 147 Å². The highest BCUT2D eigenvalue weighted by molar-refractivity contribution is 5.90. The van der Waals surface area contributed by atoms with E-state index in [2.05, 4.69) is 9.55 Å². The lowest BCUT2D eigenvalue weighted by atomic mass is 10.1. The van der Waals surface area contributed by atoms with E-state index in [4.69, 9.17) is 9.47 Å². The van der Waals surface area contributed by atoms with Crippen LogP contribution >= 0.6 is 0 Å². The summed E-state index contributed by atoms with van der Waals surface area (Å²) in [5.74, 6) is 0.565. The summed E-state index contributed by atoms with van der Waals surface area (Å²) in [7, 11) is 1.65. The molecule has 3 rings (SSSR count). The Morgan fingerprint density at radius 2 is 1.96 bits per heavy atom. The van der Waals surface area contributed by atoms with Gasteiger partial charge in [0.05, 0.1) is 20.1 Å². The molecule has 5 nitrogen and oxygen atoms in total. The third kappa shape index (κ3) is 3.50. The molecule has 0 fully saturated rings. The Hall–Kier alpha value is -2.82. The van der Waals surface area contributed by atoms with Gasteiger partial charge < -0.3 is 14.0 Å². The number of aromatic nitrogens is 2. The maximum Gasteiger partial charge on any atom is 0.310 e. The summed E-state index contributed by atoms with van der Waals surface area (Å²) < 4.78 is 12.7. The van der Waals surface area contributed by atoms with Gasteiger partial charge in [0.25, 0.3) is 0 Å². The molecular formula is C20H22N2O3. The smallest absolute Gasteiger partial charge is 0.310 e. The average Bonchev–Trinajstić information content (AvgIpc) is 2.88. The maximum absolute atomic E-state index is 12.1. The van der Waals surface area contributed by atoms with E-state index in [1.165, 1.54) is 0 Å². The number of rotatable bonds is 6. The molecule has 0 aliphatic carbocycles. The van der Waals surface area contributed by atoms with Gasteiger partial charge in [-0.25, -0.2) is 0 Å². The molecule has 0 atom stereocenters. The van der Waals surface area contributed by atoms with Crippen molar-refractivity contribution in [3.8, 4) is 5.75 Å². The van der Waals surface area contributed by atoms with E-state index in [9.17, 15) is 4.79 Å². The highest BCUT2D eigenvalue weighted by Gasteiger charge is 2.18. The Morgan fingerprint density at radius 1 is 1.20 bits per heavy atom. The Kier molecular flexibility index (Phi) is 5.03. The number of methoxy groups -OCH3 is 1. The highest BCUT2D eigenvalue weighted by atomic mass is 16.5. The summed E-state index contributed by atoms with van der Waals surface area (Å²) >= 11 is 0. The number of benzene rings is 1. The van der Waals surface area contributed by atoms with Crippen LogP contribution in [0.25, 0.3) is 10.9 Å². The normalized spacial score (nSPS) is 10.8. The zero-order valence-electron chi connectivity index (χ0n) is 14.8. The molecule has 0 bridgehead atoms. The molecular weight excluding hydrogens is 316 g/mol. The van der Waals surface area contributed by atoms with E-state index in [1.807, 2.05) is 44.2 Å². The van der Waals surface area contributed by atoms with Crippen molar-refractivity contribution in [1.29, 1.82) is 0 Å². The molecule has 5 heteroatoms. The molecule has 0 aliphatic heterocycles. The summed E-state index contributed by atoms with van der Waals surface area (Å²) in [6, 6.07) is 9.97. The van der Waals surface area contributed by atoms with Crippen LogP contribution in [0.1, 0.15) is 23.7 Å². The van der Waals surface area contributed by atoms with Crippen LogP contribution in [-0.4, -0.2) is 29.2 Å². The second-order valence-corrected chi connectivity index (χ2v) is 5.87. The summed E-state index contributed by atoms with van der Waals surface area (Å²) in [4.78, 5) is 16.1. The van der Waals surface area contributed by atoms with Gasteiger partial charge in [0.1, 0.15) is 5.75 Å². The fourth-order valence-corrected chi connectivity index (χ4v) is 3.11. The van der Waals surface area contributed by atoms with Crippen LogP contribution in [0.15, 0.2) is 42.7 Å². The third-order valence-electron chi connectivity index (χ3n) is 4.38. The molecule has 130 valence electrons. The number of hydrogen-bond donors (Lipinski definition) is 0. The van der Waals surface area contributed by atoms with Crippen LogP contribution in [0.5, 0.6) is 5.75 Å². The minimum Gasteiger partial charge on any atom is -0.497 e. The first kappa shape index (κ1) is 17.0. The monoisotopic (exact) mass is 338 g/mol. The van der Waals surface area contributed by atoms with Crippen molar-refractivity contribution in [3.05, 3.63) is 59.5 Å². The van der Waals surface area contributed by atoms with Gasteiger partial charge in [0.2, 0.25) is 0 Å². The molecule has 0 N–H and O–H groups in total. The Morgan fingerprint density at radius 3 is 2.64 bits per heavy atom. The van der Waals surface area contributed by atoms with Gasteiger partial charge in [-0.15, -0.1) is 0 Å². The van der Waals surface area contributed by atoms with E-state index >= 15 is 0 Å². The molecule has 25 heavy (non-hydrogen) atoms. The van der Waals surface area contributed by atoms with Crippen LogP contribution in [0, 0.1) is 6.92 Å². The SMILES string of the molecule is CCOC(=O)Cc1c(C)n(Cc2ccncc2)c2ccc(OC)cc12. The van der Waals surface area contributed by atoms with Crippen LogP contribution in [0.4, 0.5) is 0 Å². The number of carbonyl (C=O) groups excluding carboxylic acids is 1. The van der Waals surface area contributed by atoms with Gasteiger partial charge in [-0.05, 0) is 55.3 Å².